The summed E-state index contributed by atoms with van der Waals surface area (Å²) in [5.41, 5.74) is -5.24. The monoisotopic (exact) mass is 427 g/mol. The number of hydrogen-bond acceptors (Lipinski definition) is 4. The van der Waals surface area contributed by atoms with Crippen LogP contribution >= 0.6 is 0 Å². The van der Waals surface area contributed by atoms with Gasteiger partial charge < -0.3 is 15.5 Å². The van der Waals surface area contributed by atoms with Crippen molar-refractivity contribution in [1.29, 1.82) is 0 Å². The largest absolute Gasteiger partial charge is 0.511 e. The summed E-state index contributed by atoms with van der Waals surface area (Å²) in [5.74, 6) is 1.41. The van der Waals surface area contributed by atoms with Crippen molar-refractivity contribution in [2.75, 3.05) is 45.8 Å². The third-order valence-corrected chi connectivity index (χ3v) is 6.96. The summed E-state index contributed by atoms with van der Waals surface area (Å²) >= 11 is 0. The standard InChI is InChI=1S/C17H32F3N5O2S/c1-3-21-16(22-8-13-24-9-4-14(2)5-10-24)23-15-6-11-25(12-7-15)28(26,27)17(18,19)20/h14-15H,3-13H2,1-2H3,(H2,21,22,23). The number of hydrogen-bond donors (Lipinski definition) is 2. The second-order valence-electron chi connectivity index (χ2n) is 7.55. The number of alkyl halides is 3. The van der Waals surface area contributed by atoms with Gasteiger partial charge in [-0.1, -0.05) is 6.92 Å². The summed E-state index contributed by atoms with van der Waals surface area (Å²) in [7, 11) is -5.24. The number of nitrogens with zero attached hydrogens (tertiary/aromatic N) is 3. The normalized spacial score (nSPS) is 22.4. The van der Waals surface area contributed by atoms with Gasteiger partial charge in [-0.25, -0.2) is 8.42 Å². The minimum Gasteiger partial charge on any atom is -0.357 e. The Morgan fingerprint density at radius 1 is 1.11 bits per heavy atom. The van der Waals surface area contributed by atoms with Crippen molar-refractivity contribution in [3.05, 3.63) is 0 Å². The van der Waals surface area contributed by atoms with E-state index in [1.54, 1.807) is 0 Å². The molecule has 2 heterocycles. The molecule has 2 rings (SSSR count). The molecule has 0 saturated carbocycles. The Morgan fingerprint density at radius 3 is 2.25 bits per heavy atom. The van der Waals surface area contributed by atoms with Crippen molar-refractivity contribution in [2.24, 2.45) is 10.9 Å². The Morgan fingerprint density at radius 2 is 1.71 bits per heavy atom. The molecule has 0 atom stereocenters. The van der Waals surface area contributed by atoms with Crippen LogP contribution < -0.4 is 10.6 Å². The van der Waals surface area contributed by atoms with E-state index in [2.05, 4.69) is 27.4 Å². The van der Waals surface area contributed by atoms with Gasteiger partial charge in [0.2, 0.25) is 0 Å². The van der Waals surface area contributed by atoms with Gasteiger partial charge in [-0.05, 0) is 51.6 Å². The second kappa shape index (κ2) is 10.1. The van der Waals surface area contributed by atoms with Gasteiger partial charge >= 0.3 is 15.5 Å². The van der Waals surface area contributed by atoms with E-state index >= 15 is 0 Å². The van der Waals surface area contributed by atoms with E-state index in [0.717, 1.165) is 25.6 Å². The van der Waals surface area contributed by atoms with E-state index in [1.165, 1.54) is 12.8 Å². The van der Waals surface area contributed by atoms with Crippen LogP contribution in [0.1, 0.15) is 39.5 Å². The number of guanidine groups is 1. The third-order valence-electron chi connectivity index (χ3n) is 5.33. The zero-order chi connectivity index (χ0) is 20.8. The molecule has 0 amide bonds. The molecule has 11 heteroatoms. The fraction of sp³-hybridized carbons (Fsp3) is 0.941. The summed E-state index contributed by atoms with van der Waals surface area (Å²) in [6.07, 6.45) is 3.04. The number of piperidine rings is 2. The lowest BCUT2D eigenvalue weighted by Crippen LogP contribution is -2.51. The van der Waals surface area contributed by atoms with Crippen molar-refractivity contribution < 1.29 is 21.6 Å². The molecule has 0 spiro atoms. The first-order valence-electron chi connectivity index (χ1n) is 9.97. The van der Waals surface area contributed by atoms with Crippen LogP contribution in [0.3, 0.4) is 0 Å². The lowest BCUT2D eigenvalue weighted by molar-refractivity contribution is -0.0494. The molecule has 7 nitrogen and oxygen atoms in total. The molecule has 2 saturated heterocycles. The van der Waals surface area contributed by atoms with E-state index < -0.39 is 15.5 Å². The Kier molecular flexibility index (Phi) is 8.38. The molecule has 2 fully saturated rings. The summed E-state index contributed by atoms with van der Waals surface area (Å²) in [6, 6.07) is -0.103. The minimum atomic E-state index is -5.24. The first-order chi connectivity index (χ1) is 13.1. The third kappa shape index (κ3) is 6.48. The van der Waals surface area contributed by atoms with Crippen molar-refractivity contribution in [3.63, 3.8) is 0 Å². The van der Waals surface area contributed by atoms with Crippen LogP contribution in [-0.4, -0.2) is 80.9 Å². The fourth-order valence-electron chi connectivity index (χ4n) is 3.49. The fourth-order valence-corrected chi connectivity index (χ4v) is 4.47. The topological polar surface area (TPSA) is 77.0 Å². The lowest BCUT2D eigenvalue weighted by Gasteiger charge is -2.32. The molecule has 0 radical (unpaired) electrons. The zero-order valence-corrected chi connectivity index (χ0v) is 17.4. The van der Waals surface area contributed by atoms with Crippen molar-refractivity contribution >= 4 is 16.0 Å². The molecule has 0 unspecified atom stereocenters. The molecule has 28 heavy (non-hydrogen) atoms. The number of likely N-dealkylation sites (tertiary alicyclic amines) is 1. The van der Waals surface area contributed by atoms with Gasteiger partial charge in [0.25, 0.3) is 0 Å². The molecular formula is C17H32F3N5O2S. The highest BCUT2D eigenvalue weighted by molar-refractivity contribution is 7.90. The maximum absolute atomic E-state index is 12.7. The Balaban J connectivity index is 1.81. The van der Waals surface area contributed by atoms with Crippen LogP contribution in [0, 0.1) is 5.92 Å². The molecule has 0 aromatic rings. The Hall–Kier alpha value is -1.07. The van der Waals surface area contributed by atoms with Crippen molar-refractivity contribution in [3.8, 4) is 0 Å². The molecule has 0 aromatic heterocycles. The first-order valence-corrected chi connectivity index (χ1v) is 11.4. The lowest BCUT2D eigenvalue weighted by atomic mass is 9.99. The smallest absolute Gasteiger partial charge is 0.357 e. The van der Waals surface area contributed by atoms with E-state index in [1.807, 2.05) is 6.92 Å². The predicted octanol–water partition coefficient (Wildman–Crippen LogP) is 1.59. The maximum atomic E-state index is 12.7. The molecular weight excluding hydrogens is 395 g/mol. The predicted molar refractivity (Wildman–Crippen MR) is 104 cm³/mol. The van der Waals surface area contributed by atoms with Crippen molar-refractivity contribution in [2.45, 2.75) is 51.1 Å². The molecule has 2 aliphatic heterocycles. The molecule has 0 bridgehead atoms. The number of sulfonamides is 1. The second-order valence-corrected chi connectivity index (χ2v) is 9.48. The van der Waals surface area contributed by atoms with E-state index in [4.69, 9.17) is 0 Å². The molecule has 2 aliphatic rings. The van der Waals surface area contributed by atoms with E-state index in [0.29, 0.717) is 36.2 Å². The van der Waals surface area contributed by atoms with Crippen molar-refractivity contribution in [1.82, 2.24) is 19.8 Å². The molecule has 0 aliphatic carbocycles. The van der Waals surface area contributed by atoms with Gasteiger partial charge in [-0.2, -0.15) is 17.5 Å². The summed E-state index contributed by atoms with van der Waals surface area (Å²) in [4.78, 5) is 6.97. The molecule has 164 valence electrons. The van der Waals surface area contributed by atoms with Crippen LogP contribution in [0.25, 0.3) is 0 Å². The Labute approximate surface area is 165 Å². The van der Waals surface area contributed by atoms with Crippen LogP contribution in [0.2, 0.25) is 0 Å². The average molecular weight is 428 g/mol. The van der Waals surface area contributed by atoms with Gasteiger partial charge in [0.1, 0.15) is 0 Å². The van der Waals surface area contributed by atoms with Gasteiger partial charge in [0, 0.05) is 32.2 Å². The number of aliphatic imine (C=N–C) groups is 1. The average Bonchev–Trinajstić information content (AvgIpc) is 2.63. The highest BCUT2D eigenvalue weighted by Crippen LogP contribution is 2.28. The number of rotatable bonds is 6. The summed E-state index contributed by atoms with van der Waals surface area (Å²) < 4.78 is 61.5. The van der Waals surface area contributed by atoms with Crippen LogP contribution in [0.5, 0.6) is 0 Å². The van der Waals surface area contributed by atoms with E-state index in [-0.39, 0.29) is 19.1 Å². The first kappa shape index (κ1) is 23.2. The van der Waals surface area contributed by atoms with E-state index in [9.17, 15) is 21.6 Å². The minimum absolute atomic E-state index is 0.103. The molecule has 0 aromatic carbocycles. The van der Waals surface area contributed by atoms with Crippen LogP contribution in [0.15, 0.2) is 4.99 Å². The van der Waals surface area contributed by atoms with Gasteiger partial charge in [0.15, 0.2) is 5.96 Å². The highest BCUT2D eigenvalue weighted by Gasteiger charge is 2.50. The van der Waals surface area contributed by atoms with Gasteiger partial charge in [-0.3, -0.25) is 4.99 Å². The number of halogens is 3. The Bertz CT molecular complexity index is 611. The van der Waals surface area contributed by atoms with Crippen LogP contribution in [0.4, 0.5) is 13.2 Å². The quantitative estimate of drug-likeness (QED) is 0.497. The number of nitrogens with one attached hydrogen (secondary N) is 2. The maximum Gasteiger partial charge on any atom is 0.511 e. The summed E-state index contributed by atoms with van der Waals surface area (Å²) in [5, 5.41) is 6.38. The van der Waals surface area contributed by atoms with Gasteiger partial charge in [-0.15, -0.1) is 0 Å². The van der Waals surface area contributed by atoms with Crippen LogP contribution in [-0.2, 0) is 10.0 Å². The van der Waals surface area contributed by atoms with Gasteiger partial charge in [0.05, 0.1) is 6.54 Å². The summed E-state index contributed by atoms with van der Waals surface area (Å²) in [6.45, 7) is 8.30. The highest BCUT2D eigenvalue weighted by atomic mass is 32.2. The SMILES string of the molecule is CCNC(=NCCN1CCC(C)CC1)NC1CCN(S(=O)(=O)C(F)(F)F)CC1. The zero-order valence-electron chi connectivity index (χ0n) is 16.6. The molecule has 2 N–H and O–H groups in total.